The maximum absolute atomic E-state index is 13.0. The Morgan fingerprint density at radius 2 is 1.79 bits per heavy atom. The first kappa shape index (κ1) is 18.1. The van der Waals surface area contributed by atoms with Crippen molar-refractivity contribution in [1.82, 2.24) is 10.3 Å². The van der Waals surface area contributed by atoms with Crippen molar-refractivity contribution in [2.24, 2.45) is 5.73 Å². The van der Waals surface area contributed by atoms with E-state index in [0.29, 0.717) is 59.5 Å². The Morgan fingerprint density at radius 3 is 2.54 bits per heavy atom. The number of H-pyrrole nitrogens is 1. The third-order valence-electron chi connectivity index (χ3n) is 4.73. The standard InChI is InChI=1S/C21H19N3O4/c22-7-9-28-10-8-23-21(27)12-5-6-16-15(11-12)17-18(24-16)20(26)14-4-2-1-3-13(14)19(17)25/h1-6,11,24H,7-10,22H2,(H,23,27). The molecular formula is C21H19N3O4. The molecule has 1 heterocycles. The summed E-state index contributed by atoms with van der Waals surface area (Å²) in [5.74, 6) is -0.711. The molecule has 0 aliphatic heterocycles. The first-order valence-corrected chi connectivity index (χ1v) is 9.02. The summed E-state index contributed by atoms with van der Waals surface area (Å²) in [7, 11) is 0. The Kier molecular flexibility index (Phi) is 4.77. The van der Waals surface area contributed by atoms with Gasteiger partial charge in [0, 0.05) is 40.7 Å². The SMILES string of the molecule is NCCOCCNC(=O)c1ccc2[nH]c3c(c2c1)C(=O)c1ccccc1C3=O. The zero-order valence-electron chi connectivity index (χ0n) is 15.1. The molecule has 1 aliphatic carbocycles. The Morgan fingerprint density at radius 1 is 1.04 bits per heavy atom. The number of ketones is 2. The fourth-order valence-corrected chi connectivity index (χ4v) is 3.41. The predicted octanol–water partition coefficient (Wildman–Crippen LogP) is 1.65. The van der Waals surface area contributed by atoms with Crippen molar-refractivity contribution < 1.29 is 19.1 Å². The zero-order valence-corrected chi connectivity index (χ0v) is 15.1. The lowest BCUT2D eigenvalue weighted by Crippen LogP contribution is -2.27. The summed E-state index contributed by atoms with van der Waals surface area (Å²) in [4.78, 5) is 41.2. The van der Waals surface area contributed by atoms with E-state index in [-0.39, 0.29) is 23.2 Å². The van der Waals surface area contributed by atoms with Gasteiger partial charge in [-0.2, -0.15) is 0 Å². The van der Waals surface area contributed by atoms with Crippen molar-refractivity contribution in [2.75, 3.05) is 26.3 Å². The molecule has 0 saturated heterocycles. The summed E-state index contributed by atoms with van der Waals surface area (Å²) in [6, 6.07) is 11.8. The number of nitrogens with two attached hydrogens (primary N) is 1. The van der Waals surface area contributed by atoms with Crippen LogP contribution in [-0.4, -0.2) is 48.8 Å². The van der Waals surface area contributed by atoms with Crippen LogP contribution in [0.1, 0.15) is 42.3 Å². The number of hydrogen-bond donors (Lipinski definition) is 3. The first-order valence-electron chi connectivity index (χ1n) is 9.02. The van der Waals surface area contributed by atoms with Crippen LogP contribution in [0.15, 0.2) is 42.5 Å². The van der Waals surface area contributed by atoms with E-state index in [1.807, 2.05) is 0 Å². The average Bonchev–Trinajstić information content (AvgIpc) is 3.11. The molecule has 7 nitrogen and oxygen atoms in total. The molecule has 0 fully saturated rings. The minimum atomic E-state index is -0.275. The number of fused-ring (bicyclic) bond motifs is 4. The maximum Gasteiger partial charge on any atom is 0.251 e. The molecule has 4 rings (SSSR count). The molecule has 0 radical (unpaired) electrons. The minimum Gasteiger partial charge on any atom is -0.378 e. The Hall–Kier alpha value is -3.29. The van der Waals surface area contributed by atoms with Crippen LogP contribution in [0.3, 0.4) is 0 Å². The van der Waals surface area contributed by atoms with E-state index in [9.17, 15) is 14.4 Å². The third kappa shape index (κ3) is 3.00. The number of rotatable bonds is 6. The van der Waals surface area contributed by atoms with Crippen molar-refractivity contribution >= 4 is 28.4 Å². The third-order valence-corrected chi connectivity index (χ3v) is 4.73. The molecule has 4 N–H and O–H groups in total. The highest BCUT2D eigenvalue weighted by atomic mass is 16.5. The van der Waals surface area contributed by atoms with Gasteiger partial charge in [-0.25, -0.2) is 0 Å². The topological polar surface area (TPSA) is 114 Å². The summed E-state index contributed by atoms with van der Waals surface area (Å²) in [6.45, 7) is 1.59. The second kappa shape index (κ2) is 7.38. The van der Waals surface area contributed by atoms with Gasteiger partial charge in [0.2, 0.25) is 5.78 Å². The van der Waals surface area contributed by atoms with Crippen LogP contribution in [0.5, 0.6) is 0 Å². The highest BCUT2D eigenvalue weighted by Gasteiger charge is 2.33. The van der Waals surface area contributed by atoms with Crippen LogP contribution in [0.2, 0.25) is 0 Å². The number of benzene rings is 2. The van der Waals surface area contributed by atoms with Crippen LogP contribution in [0.4, 0.5) is 0 Å². The Bertz CT molecular complexity index is 1100. The molecular weight excluding hydrogens is 358 g/mol. The van der Waals surface area contributed by atoms with Gasteiger partial charge in [0.25, 0.3) is 5.91 Å². The minimum absolute atomic E-state index is 0.218. The molecule has 2 aromatic carbocycles. The number of aromatic amines is 1. The van der Waals surface area contributed by atoms with Gasteiger partial charge in [-0.1, -0.05) is 24.3 Å². The molecule has 1 aliphatic rings. The largest absolute Gasteiger partial charge is 0.378 e. The molecule has 0 spiro atoms. The highest BCUT2D eigenvalue weighted by Crippen LogP contribution is 2.33. The Labute approximate surface area is 160 Å². The highest BCUT2D eigenvalue weighted by molar-refractivity contribution is 6.32. The fraction of sp³-hybridized carbons (Fsp3) is 0.190. The van der Waals surface area contributed by atoms with Crippen molar-refractivity contribution in [1.29, 1.82) is 0 Å². The molecule has 0 unspecified atom stereocenters. The number of aromatic nitrogens is 1. The second-order valence-electron chi connectivity index (χ2n) is 6.50. The molecule has 1 amide bonds. The predicted molar refractivity (Wildman–Crippen MR) is 104 cm³/mol. The number of amides is 1. The van der Waals surface area contributed by atoms with Crippen LogP contribution in [-0.2, 0) is 4.74 Å². The monoisotopic (exact) mass is 377 g/mol. The lowest BCUT2D eigenvalue weighted by atomic mass is 9.87. The summed E-state index contributed by atoms with van der Waals surface area (Å²) >= 11 is 0. The number of hydrogen-bond acceptors (Lipinski definition) is 5. The quantitative estimate of drug-likeness (QED) is 0.442. The molecule has 3 aromatic rings. The van der Waals surface area contributed by atoms with Gasteiger partial charge in [0.1, 0.15) is 0 Å². The van der Waals surface area contributed by atoms with Crippen LogP contribution < -0.4 is 11.1 Å². The van der Waals surface area contributed by atoms with Gasteiger partial charge >= 0.3 is 0 Å². The molecule has 1 aromatic heterocycles. The fourth-order valence-electron chi connectivity index (χ4n) is 3.41. The van der Waals surface area contributed by atoms with E-state index in [4.69, 9.17) is 10.5 Å². The van der Waals surface area contributed by atoms with Gasteiger partial charge < -0.3 is 20.8 Å². The van der Waals surface area contributed by atoms with E-state index in [0.717, 1.165) is 0 Å². The second-order valence-corrected chi connectivity index (χ2v) is 6.50. The molecule has 0 atom stereocenters. The van der Waals surface area contributed by atoms with Crippen LogP contribution >= 0.6 is 0 Å². The van der Waals surface area contributed by atoms with Crippen LogP contribution in [0.25, 0.3) is 10.9 Å². The van der Waals surface area contributed by atoms with Gasteiger partial charge in [0.05, 0.1) is 24.5 Å². The smallest absolute Gasteiger partial charge is 0.251 e. The van der Waals surface area contributed by atoms with Gasteiger partial charge in [-0.3, -0.25) is 14.4 Å². The van der Waals surface area contributed by atoms with Crippen molar-refractivity contribution in [2.45, 2.75) is 0 Å². The maximum atomic E-state index is 13.0. The molecule has 28 heavy (non-hydrogen) atoms. The molecule has 0 bridgehead atoms. The van der Waals surface area contributed by atoms with E-state index >= 15 is 0 Å². The van der Waals surface area contributed by atoms with E-state index in [1.165, 1.54) is 0 Å². The van der Waals surface area contributed by atoms with E-state index in [1.54, 1.807) is 42.5 Å². The summed E-state index contributed by atoms with van der Waals surface area (Å²) in [5.41, 5.74) is 7.76. The van der Waals surface area contributed by atoms with Crippen molar-refractivity contribution in [3.05, 3.63) is 70.4 Å². The lowest BCUT2D eigenvalue weighted by molar-refractivity contribution is 0.0919. The van der Waals surface area contributed by atoms with Crippen molar-refractivity contribution in [3.8, 4) is 0 Å². The van der Waals surface area contributed by atoms with Gasteiger partial charge in [-0.15, -0.1) is 0 Å². The van der Waals surface area contributed by atoms with Crippen LogP contribution in [0, 0.1) is 0 Å². The summed E-state index contributed by atoms with van der Waals surface area (Å²) in [6.07, 6.45) is 0. The zero-order chi connectivity index (χ0) is 19.7. The average molecular weight is 377 g/mol. The number of carbonyl (C=O) groups excluding carboxylic acids is 3. The van der Waals surface area contributed by atoms with E-state index in [2.05, 4.69) is 10.3 Å². The molecule has 7 heteroatoms. The molecule has 142 valence electrons. The number of nitrogens with one attached hydrogen (secondary N) is 2. The van der Waals surface area contributed by atoms with Crippen molar-refractivity contribution in [3.63, 3.8) is 0 Å². The normalized spacial score (nSPS) is 12.8. The molecule has 0 saturated carbocycles. The summed E-state index contributed by atoms with van der Waals surface area (Å²) < 4.78 is 5.23. The Balaban J connectivity index is 1.65. The van der Waals surface area contributed by atoms with Gasteiger partial charge in [-0.05, 0) is 18.2 Å². The number of carbonyl (C=O) groups is 3. The van der Waals surface area contributed by atoms with E-state index < -0.39 is 0 Å². The lowest BCUT2D eigenvalue weighted by Gasteiger charge is -2.14. The van der Waals surface area contributed by atoms with Gasteiger partial charge in [0.15, 0.2) is 5.78 Å². The summed E-state index contributed by atoms with van der Waals surface area (Å²) in [5, 5.41) is 3.33. The first-order chi connectivity index (χ1) is 13.6. The number of ether oxygens (including phenoxy) is 1.